The number of hydrogen-bond acceptors (Lipinski definition) is 4. The highest BCUT2D eigenvalue weighted by Gasteiger charge is 2.15. The normalized spacial score (nSPS) is 11.1. The van der Waals surface area contributed by atoms with Crippen molar-refractivity contribution in [1.82, 2.24) is 15.0 Å². The van der Waals surface area contributed by atoms with Crippen molar-refractivity contribution in [3.05, 3.63) is 64.3 Å². The van der Waals surface area contributed by atoms with Crippen molar-refractivity contribution in [2.45, 2.75) is 6.92 Å². The van der Waals surface area contributed by atoms with Gasteiger partial charge in [-0.05, 0) is 43.3 Å². The van der Waals surface area contributed by atoms with E-state index in [4.69, 9.17) is 27.6 Å². The maximum absolute atomic E-state index is 6.26. The van der Waals surface area contributed by atoms with Crippen LogP contribution in [0.4, 0.5) is 0 Å². The summed E-state index contributed by atoms with van der Waals surface area (Å²) >= 11 is 12.2. The van der Waals surface area contributed by atoms with E-state index in [1.54, 1.807) is 12.1 Å². The minimum atomic E-state index is 0.232. The zero-order valence-electron chi connectivity index (χ0n) is 12.6. The number of nitrogens with zero attached hydrogens (tertiary/aromatic N) is 3. The first kappa shape index (κ1) is 15.1. The number of rotatable bonds is 2. The van der Waals surface area contributed by atoms with E-state index in [0.717, 1.165) is 16.7 Å². The average Bonchev–Trinajstić information content (AvgIpc) is 3.01. The number of hydrogen-bond donors (Lipinski definition) is 0. The van der Waals surface area contributed by atoms with E-state index in [9.17, 15) is 0 Å². The van der Waals surface area contributed by atoms with Gasteiger partial charge in [0, 0.05) is 16.1 Å². The smallest absolute Gasteiger partial charge is 0.229 e. The number of benzene rings is 2. The fraction of sp³-hybridized carbons (Fsp3) is 0.0556. The Morgan fingerprint density at radius 3 is 2.17 bits per heavy atom. The molecule has 2 aromatic carbocycles. The molecule has 0 bridgehead atoms. The molecule has 0 spiro atoms. The molecule has 24 heavy (non-hydrogen) atoms. The molecule has 0 saturated carbocycles. The van der Waals surface area contributed by atoms with E-state index >= 15 is 0 Å². The van der Waals surface area contributed by atoms with Crippen LogP contribution in [0.1, 0.15) is 5.56 Å². The minimum absolute atomic E-state index is 0.232. The van der Waals surface area contributed by atoms with Gasteiger partial charge in [-0.15, -0.1) is 0 Å². The van der Waals surface area contributed by atoms with Gasteiger partial charge < -0.3 is 4.42 Å². The van der Waals surface area contributed by atoms with E-state index in [0.29, 0.717) is 28.0 Å². The van der Waals surface area contributed by atoms with Gasteiger partial charge in [-0.3, -0.25) is 0 Å². The third kappa shape index (κ3) is 2.75. The van der Waals surface area contributed by atoms with Gasteiger partial charge in [-0.1, -0.05) is 40.9 Å². The lowest BCUT2D eigenvalue weighted by molar-refractivity contribution is 0.618. The van der Waals surface area contributed by atoms with Crippen LogP contribution in [-0.4, -0.2) is 15.0 Å². The van der Waals surface area contributed by atoms with E-state index in [2.05, 4.69) is 15.0 Å². The standard InChI is InChI=1S/C18H11Cl2N3O/c1-10-2-4-12(5-3-10)18-23-17-14(24-18)15(20)21-16(22-17)11-6-8-13(19)9-7-11/h2-9H,1H3. The number of fused-ring (bicyclic) bond motifs is 1. The first-order valence-electron chi connectivity index (χ1n) is 7.27. The topological polar surface area (TPSA) is 51.8 Å². The van der Waals surface area contributed by atoms with Crippen LogP contribution in [-0.2, 0) is 0 Å². The molecular formula is C18H11Cl2N3O. The Morgan fingerprint density at radius 2 is 1.46 bits per heavy atom. The summed E-state index contributed by atoms with van der Waals surface area (Å²) in [5.41, 5.74) is 3.64. The molecule has 0 aliphatic heterocycles. The Balaban J connectivity index is 1.83. The van der Waals surface area contributed by atoms with E-state index < -0.39 is 0 Å². The molecular weight excluding hydrogens is 345 g/mol. The Kier molecular flexibility index (Phi) is 3.71. The number of oxazole rings is 1. The second-order valence-corrected chi connectivity index (χ2v) is 6.18. The molecule has 118 valence electrons. The lowest BCUT2D eigenvalue weighted by Crippen LogP contribution is -1.90. The molecule has 0 amide bonds. The van der Waals surface area contributed by atoms with Crippen LogP contribution in [0.2, 0.25) is 10.2 Å². The highest BCUT2D eigenvalue weighted by atomic mass is 35.5. The molecule has 0 unspecified atom stereocenters. The predicted octanol–water partition coefficient (Wildman–Crippen LogP) is 5.57. The van der Waals surface area contributed by atoms with Crippen LogP contribution in [0, 0.1) is 6.92 Å². The van der Waals surface area contributed by atoms with Crippen molar-refractivity contribution < 1.29 is 4.42 Å². The summed E-state index contributed by atoms with van der Waals surface area (Å²) in [7, 11) is 0. The van der Waals surface area contributed by atoms with Gasteiger partial charge in [0.15, 0.2) is 11.0 Å². The van der Waals surface area contributed by atoms with Gasteiger partial charge in [0.05, 0.1) is 0 Å². The molecule has 0 N–H and O–H groups in total. The van der Waals surface area contributed by atoms with Crippen LogP contribution in [0.25, 0.3) is 34.1 Å². The zero-order chi connectivity index (χ0) is 16.7. The van der Waals surface area contributed by atoms with Crippen molar-refractivity contribution >= 4 is 34.4 Å². The third-order valence-corrected chi connectivity index (χ3v) is 4.12. The second-order valence-electron chi connectivity index (χ2n) is 5.38. The van der Waals surface area contributed by atoms with Crippen molar-refractivity contribution in [3.8, 4) is 22.8 Å². The minimum Gasteiger partial charge on any atom is -0.431 e. The second kappa shape index (κ2) is 5.89. The Labute approximate surface area is 148 Å². The van der Waals surface area contributed by atoms with Gasteiger partial charge >= 0.3 is 0 Å². The van der Waals surface area contributed by atoms with E-state index in [-0.39, 0.29) is 5.15 Å². The SMILES string of the molecule is Cc1ccc(-c2nc3nc(-c4ccc(Cl)cc4)nc(Cl)c3o2)cc1. The Bertz CT molecular complexity index is 1020. The lowest BCUT2D eigenvalue weighted by atomic mass is 10.1. The van der Waals surface area contributed by atoms with Crippen LogP contribution in [0.15, 0.2) is 52.9 Å². The summed E-state index contributed by atoms with van der Waals surface area (Å²) < 4.78 is 5.75. The van der Waals surface area contributed by atoms with Gasteiger partial charge in [0.1, 0.15) is 0 Å². The molecule has 0 radical (unpaired) electrons. The maximum Gasteiger partial charge on any atom is 0.229 e. The summed E-state index contributed by atoms with van der Waals surface area (Å²) in [5, 5.41) is 0.879. The number of aryl methyl sites for hydroxylation is 1. The summed E-state index contributed by atoms with van der Waals surface area (Å²) in [6.45, 7) is 2.02. The van der Waals surface area contributed by atoms with Crippen LogP contribution in [0.5, 0.6) is 0 Å². The van der Waals surface area contributed by atoms with E-state index in [1.165, 1.54) is 0 Å². The van der Waals surface area contributed by atoms with E-state index in [1.807, 2.05) is 43.3 Å². The highest BCUT2D eigenvalue weighted by molar-refractivity contribution is 6.33. The molecule has 4 rings (SSSR count). The largest absolute Gasteiger partial charge is 0.431 e. The third-order valence-electron chi connectivity index (χ3n) is 3.61. The first-order valence-corrected chi connectivity index (χ1v) is 8.03. The molecule has 6 heteroatoms. The Hall–Kier alpha value is -2.43. The summed E-state index contributed by atoms with van der Waals surface area (Å²) in [6.07, 6.45) is 0. The fourth-order valence-corrected chi connectivity index (χ4v) is 2.67. The molecule has 0 atom stereocenters. The van der Waals surface area contributed by atoms with Gasteiger partial charge in [0.2, 0.25) is 17.1 Å². The molecule has 0 fully saturated rings. The molecule has 2 aromatic heterocycles. The quantitative estimate of drug-likeness (QED) is 0.441. The fourth-order valence-electron chi connectivity index (χ4n) is 2.34. The van der Waals surface area contributed by atoms with Crippen molar-refractivity contribution in [1.29, 1.82) is 0 Å². The molecule has 0 saturated heterocycles. The predicted molar refractivity (Wildman–Crippen MR) is 95.2 cm³/mol. The van der Waals surface area contributed by atoms with Crippen LogP contribution >= 0.6 is 23.2 Å². The van der Waals surface area contributed by atoms with Crippen molar-refractivity contribution in [3.63, 3.8) is 0 Å². The number of halogens is 2. The number of aromatic nitrogens is 3. The summed E-state index contributed by atoms with van der Waals surface area (Å²) in [4.78, 5) is 13.2. The van der Waals surface area contributed by atoms with Crippen molar-refractivity contribution in [2.24, 2.45) is 0 Å². The molecule has 4 aromatic rings. The Morgan fingerprint density at radius 1 is 0.792 bits per heavy atom. The van der Waals surface area contributed by atoms with Crippen molar-refractivity contribution in [2.75, 3.05) is 0 Å². The monoisotopic (exact) mass is 355 g/mol. The molecule has 2 heterocycles. The summed E-state index contributed by atoms with van der Waals surface area (Å²) in [6, 6.07) is 15.1. The first-order chi connectivity index (χ1) is 11.6. The summed E-state index contributed by atoms with van der Waals surface area (Å²) in [5.74, 6) is 0.947. The van der Waals surface area contributed by atoms with Gasteiger partial charge in [-0.2, -0.15) is 4.98 Å². The maximum atomic E-state index is 6.26. The lowest BCUT2D eigenvalue weighted by Gasteiger charge is -2.00. The highest BCUT2D eigenvalue weighted by Crippen LogP contribution is 2.29. The molecule has 0 aliphatic carbocycles. The van der Waals surface area contributed by atoms with Gasteiger partial charge in [0.25, 0.3) is 0 Å². The molecule has 0 aliphatic rings. The van der Waals surface area contributed by atoms with Gasteiger partial charge in [-0.25, -0.2) is 9.97 Å². The van der Waals surface area contributed by atoms with Crippen LogP contribution < -0.4 is 0 Å². The van der Waals surface area contributed by atoms with Crippen LogP contribution in [0.3, 0.4) is 0 Å². The molecule has 4 nitrogen and oxygen atoms in total. The average molecular weight is 356 g/mol. The zero-order valence-corrected chi connectivity index (χ0v) is 14.1.